The highest BCUT2D eigenvalue weighted by molar-refractivity contribution is 5.88. The molecule has 4 heteroatoms. The molecule has 2 heterocycles. The molecule has 0 unspecified atom stereocenters. The Morgan fingerprint density at radius 3 is 2.70 bits per heavy atom. The minimum absolute atomic E-state index is 0.0134. The summed E-state index contributed by atoms with van der Waals surface area (Å²) in [4.78, 5) is 12.3. The lowest BCUT2D eigenvalue weighted by Gasteiger charge is -2.10. The molecule has 4 nitrogen and oxygen atoms in total. The quantitative estimate of drug-likeness (QED) is 0.775. The predicted octanol–water partition coefficient (Wildman–Crippen LogP) is 3.98. The fourth-order valence-corrected chi connectivity index (χ4v) is 3.19. The second kappa shape index (κ2) is 6.32. The third-order valence-corrected chi connectivity index (χ3v) is 4.20. The molecule has 0 saturated carbocycles. The van der Waals surface area contributed by atoms with Crippen LogP contribution in [0.2, 0.25) is 0 Å². The van der Waals surface area contributed by atoms with Gasteiger partial charge in [0.1, 0.15) is 12.3 Å². The zero-order valence-corrected chi connectivity index (χ0v) is 13.8. The molecule has 0 atom stereocenters. The number of hydrogen-bond acceptors (Lipinski definition) is 2. The van der Waals surface area contributed by atoms with E-state index in [2.05, 4.69) is 48.9 Å². The molecule has 0 bridgehead atoms. The average Bonchev–Trinajstić information content (AvgIpc) is 3.12. The number of amides is 1. The number of para-hydroxylation sites is 1. The topological polar surface area (TPSA) is 47.2 Å². The Bertz CT molecular complexity index is 813. The number of fused-ring (bicyclic) bond motifs is 1. The number of benzene rings is 1. The van der Waals surface area contributed by atoms with Gasteiger partial charge in [0.25, 0.3) is 0 Å². The van der Waals surface area contributed by atoms with Gasteiger partial charge >= 0.3 is 0 Å². The van der Waals surface area contributed by atoms with Crippen molar-refractivity contribution in [1.82, 2.24) is 9.88 Å². The van der Waals surface area contributed by atoms with Crippen LogP contribution in [0.4, 0.5) is 0 Å². The van der Waals surface area contributed by atoms with Gasteiger partial charge in [0.2, 0.25) is 5.91 Å². The SMILES string of the molecule is Cc1c(C(C)C)c2ccccc2n1CC(=O)NCc1ccco1. The van der Waals surface area contributed by atoms with E-state index >= 15 is 0 Å². The van der Waals surface area contributed by atoms with Crippen molar-refractivity contribution in [2.45, 2.75) is 39.8 Å². The van der Waals surface area contributed by atoms with Crippen molar-refractivity contribution >= 4 is 16.8 Å². The largest absolute Gasteiger partial charge is 0.467 e. The first-order valence-corrected chi connectivity index (χ1v) is 7.94. The number of carbonyl (C=O) groups excluding carboxylic acids is 1. The van der Waals surface area contributed by atoms with Crippen LogP contribution in [0.1, 0.15) is 36.8 Å². The Labute approximate surface area is 136 Å². The Morgan fingerprint density at radius 1 is 1.22 bits per heavy atom. The lowest BCUT2D eigenvalue weighted by atomic mass is 10.00. The van der Waals surface area contributed by atoms with Gasteiger partial charge in [-0.3, -0.25) is 4.79 Å². The molecule has 3 rings (SSSR count). The van der Waals surface area contributed by atoms with Gasteiger partial charge in [-0.15, -0.1) is 0 Å². The molecular formula is C19H22N2O2. The smallest absolute Gasteiger partial charge is 0.240 e. The lowest BCUT2D eigenvalue weighted by Crippen LogP contribution is -2.27. The van der Waals surface area contributed by atoms with Gasteiger partial charge in [-0.05, 0) is 36.6 Å². The number of carbonyl (C=O) groups is 1. The molecule has 1 aromatic carbocycles. The maximum absolute atomic E-state index is 12.3. The standard InChI is InChI=1S/C19H22N2O2/c1-13(2)19-14(3)21(17-9-5-4-8-16(17)19)12-18(22)20-11-15-7-6-10-23-15/h4-10,13H,11-12H2,1-3H3,(H,20,22). The number of aromatic nitrogens is 1. The molecule has 0 aliphatic rings. The predicted molar refractivity (Wildman–Crippen MR) is 91.3 cm³/mol. The molecule has 0 saturated heterocycles. The highest BCUT2D eigenvalue weighted by atomic mass is 16.3. The molecule has 0 aliphatic carbocycles. The Hall–Kier alpha value is -2.49. The molecule has 3 aromatic rings. The fraction of sp³-hybridized carbons (Fsp3) is 0.316. The normalized spacial score (nSPS) is 11.3. The van der Waals surface area contributed by atoms with Gasteiger partial charge in [-0.25, -0.2) is 0 Å². The van der Waals surface area contributed by atoms with Crippen molar-refractivity contribution < 1.29 is 9.21 Å². The van der Waals surface area contributed by atoms with Crippen molar-refractivity contribution in [3.8, 4) is 0 Å². The summed E-state index contributed by atoms with van der Waals surface area (Å²) in [5.41, 5.74) is 3.59. The Balaban J connectivity index is 1.85. The van der Waals surface area contributed by atoms with E-state index in [0.29, 0.717) is 19.0 Å². The van der Waals surface area contributed by atoms with Gasteiger partial charge in [-0.1, -0.05) is 32.0 Å². The molecule has 0 radical (unpaired) electrons. The number of rotatable bonds is 5. The van der Waals surface area contributed by atoms with E-state index in [-0.39, 0.29) is 5.91 Å². The third kappa shape index (κ3) is 3.02. The van der Waals surface area contributed by atoms with E-state index in [1.165, 1.54) is 10.9 Å². The van der Waals surface area contributed by atoms with Crippen molar-refractivity contribution in [3.05, 3.63) is 59.7 Å². The monoisotopic (exact) mass is 310 g/mol. The molecule has 1 amide bonds. The van der Waals surface area contributed by atoms with Crippen molar-refractivity contribution in [2.75, 3.05) is 0 Å². The van der Waals surface area contributed by atoms with Crippen LogP contribution in [0.25, 0.3) is 10.9 Å². The summed E-state index contributed by atoms with van der Waals surface area (Å²) >= 11 is 0. The van der Waals surface area contributed by atoms with Crippen LogP contribution in [0.15, 0.2) is 47.1 Å². The van der Waals surface area contributed by atoms with Gasteiger partial charge in [-0.2, -0.15) is 0 Å². The Morgan fingerprint density at radius 2 is 2.00 bits per heavy atom. The zero-order chi connectivity index (χ0) is 16.4. The summed E-state index contributed by atoms with van der Waals surface area (Å²) in [6, 6.07) is 12.0. The van der Waals surface area contributed by atoms with Gasteiger partial charge in [0, 0.05) is 16.6 Å². The number of furan rings is 1. The number of nitrogens with one attached hydrogen (secondary N) is 1. The molecule has 0 spiro atoms. The van der Waals surface area contributed by atoms with Crippen LogP contribution >= 0.6 is 0 Å². The van der Waals surface area contributed by atoms with E-state index in [9.17, 15) is 4.79 Å². The van der Waals surface area contributed by atoms with Crippen molar-refractivity contribution in [2.24, 2.45) is 0 Å². The van der Waals surface area contributed by atoms with E-state index < -0.39 is 0 Å². The second-order valence-corrected chi connectivity index (χ2v) is 6.11. The molecule has 0 aliphatic heterocycles. The Kier molecular flexibility index (Phi) is 4.24. The van der Waals surface area contributed by atoms with E-state index in [0.717, 1.165) is 17.0 Å². The van der Waals surface area contributed by atoms with E-state index in [1.54, 1.807) is 6.26 Å². The van der Waals surface area contributed by atoms with Crippen LogP contribution in [0.5, 0.6) is 0 Å². The summed E-state index contributed by atoms with van der Waals surface area (Å²) in [6.45, 7) is 7.21. The highest BCUT2D eigenvalue weighted by Crippen LogP contribution is 2.31. The van der Waals surface area contributed by atoms with Crippen LogP contribution in [-0.4, -0.2) is 10.5 Å². The fourth-order valence-electron chi connectivity index (χ4n) is 3.19. The van der Waals surface area contributed by atoms with E-state index in [1.807, 2.05) is 18.2 Å². The molecule has 0 fully saturated rings. The summed E-state index contributed by atoms with van der Waals surface area (Å²) < 4.78 is 7.34. The minimum Gasteiger partial charge on any atom is -0.467 e. The first kappa shape index (κ1) is 15.4. The highest BCUT2D eigenvalue weighted by Gasteiger charge is 2.17. The summed E-state index contributed by atoms with van der Waals surface area (Å²) in [7, 11) is 0. The summed E-state index contributed by atoms with van der Waals surface area (Å²) in [5, 5.41) is 4.15. The van der Waals surface area contributed by atoms with Crippen LogP contribution in [-0.2, 0) is 17.9 Å². The van der Waals surface area contributed by atoms with Crippen molar-refractivity contribution in [3.63, 3.8) is 0 Å². The first-order chi connectivity index (χ1) is 11.1. The van der Waals surface area contributed by atoms with Gasteiger partial charge < -0.3 is 14.3 Å². The number of hydrogen-bond donors (Lipinski definition) is 1. The third-order valence-electron chi connectivity index (χ3n) is 4.20. The minimum atomic E-state index is -0.0134. The maximum atomic E-state index is 12.3. The molecule has 23 heavy (non-hydrogen) atoms. The summed E-state index contributed by atoms with van der Waals surface area (Å²) in [6.07, 6.45) is 1.61. The number of nitrogens with zero attached hydrogens (tertiary/aromatic N) is 1. The molecule has 1 N–H and O–H groups in total. The zero-order valence-electron chi connectivity index (χ0n) is 13.8. The van der Waals surface area contributed by atoms with Crippen molar-refractivity contribution in [1.29, 1.82) is 0 Å². The molecular weight excluding hydrogens is 288 g/mol. The average molecular weight is 310 g/mol. The van der Waals surface area contributed by atoms with Crippen LogP contribution < -0.4 is 5.32 Å². The van der Waals surface area contributed by atoms with Gasteiger partial charge in [0.05, 0.1) is 12.8 Å². The molecule has 2 aromatic heterocycles. The van der Waals surface area contributed by atoms with E-state index in [4.69, 9.17) is 4.42 Å². The molecule has 120 valence electrons. The van der Waals surface area contributed by atoms with Gasteiger partial charge in [0.15, 0.2) is 0 Å². The lowest BCUT2D eigenvalue weighted by molar-refractivity contribution is -0.121. The first-order valence-electron chi connectivity index (χ1n) is 7.94. The van der Waals surface area contributed by atoms with Crippen LogP contribution in [0, 0.1) is 6.92 Å². The maximum Gasteiger partial charge on any atom is 0.240 e. The summed E-state index contributed by atoms with van der Waals surface area (Å²) in [5.74, 6) is 1.17. The second-order valence-electron chi connectivity index (χ2n) is 6.11. The van der Waals surface area contributed by atoms with Crippen LogP contribution in [0.3, 0.4) is 0 Å².